The van der Waals surface area contributed by atoms with Gasteiger partial charge in [-0.15, -0.1) is 0 Å². The Morgan fingerprint density at radius 1 is 1.28 bits per heavy atom. The van der Waals surface area contributed by atoms with Gasteiger partial charge in [-0.1, -0.05) is 17.4 Å². The lowest BCUT2D eigenvalue weighted by Crippen LogP contribution is -2.30. The molecule has 3 rings (SSSR count). The molecule has 0 atom stereocenters. The highest BCUT2D eigenvalue weighted by Gasteiger charge is 2.18. The molecule has 0 aliphatic rings. The van der Waals surface area contributed by atoms with Crippen molar-refractivity contribution in [2.24, 2.45) is 0 Å². The Hall–Kier alpha value is -3.25. The predicted molar refractivity (Wildman–Crippen MR) is 121 cm³/mol. The number of ether oxygens (including phenoxy) is 1. The standard InChI is InChI=1S/C20H23N5O5S2/c1-4-30-17(26)7-8-22-19(27)24-20-23-13(2)18(31-20)14-5-6-16(32(3,28)29)15(11-14)25-10-9-21-12-25/h5-6,9-12H,4,7-8H2,1-3H3,(H2,22,23,24,27). The summed E-state index contributed by atoms with van der Waals surface area (Å²) in [4.78, 5) is 32.8. The molecule has 2 heterocycles. The number of esters is 1. The quantitative estimate of drug-likeness (QED) is 0.477. The van der Waals surface area contributed by atoms with Gasteiger partial charge in [0, 0.05) is 25.2 Å². The Kier molecular flexibility index (Phi) is 7.26. The lowest BCUT2D eigenvalue weighted by atomic mass is 10.1. The first-order valence-corrected chi connectivity index (χ1v) is 12.4. The Balaban J connectivity index is 1.79. The fourth-order valence-electron chi connectivity index (χ4n) is 2.95. The van der Waals surface area contributed by atoms with Crippen molar-refractivity contribution in [2.75, 3.05) is 24.7 Å². The summed E-state index contributed by atoms with van der Waals surface area (Å²) in [5, 5.41) is 5.61. The minimum Gasteiger partial charge on any atom is -0.466 e. The van der Waals surface area contributed by atoms with E-state index < -0.39 is 15.9 Å². The van der Waals surface area contributed by atoms with Crippen molar-refractivity contribution in [3.8, 4) is 16.1 Å². The van der Waals surface area contributed by atoms with Gasteiger partial charge in [-0.2, -0.15) is 0 Å². The monoisotopic (exact) mass is 477 g/mol. The molecule has 10 nitrogen and oxygen atoms in total. The minimum absolute atomic E-state index is 0.0765. The van der Waals surface area contributed by atoms with E-state index in [1.807, 2.05) is 0 Å². The van der Waals surface area contributed by atoms with Gasteiger partial charge in [0.1, 0.15) is 0 Å². The van der Waals surface area contributed by atoms with E-state index >= 15 is 0 Å². The van der Waals surface area contributed by atoms with Crippen LogP contribution in [0.25, 0.3) is 16.1 Å². The number of imidazole rings is 1. The molecule has 2 aromatic heterocycles. The zero-order chi connectivity index (χ0) is 23.3. The van der Waals surface area contributed by atoms with Crippen LogP contribution in [0.15, 0.2) is 41.8 Å². The van der Waals surface area contributed by atoms with Crippen LogP contribution in [0.2, 0.25) is 0 Å². The normalized spacial score (nSPS) is 11.2. The average molecular weight is 478 g/mol. The molecule has 0 unspecified atom stereocenters. The predicted octanol–water partition coefficient (Wildman–Crippen LogP) is 2.78. The summed E-state index contributed by atoms with van der Waals surface area (Å²) in [6.45, 7) is 3.95. The molecule has 12 heteroatoms. The average Bonchev–Trinajstić information content (AvgIpc) is 3.37. The lowest BCUT2D eigenvalue weighted by molar-refractivity contribution is -0.142. The summed E-state index contributed by atoms with van der Waals surface area (Å²) in [6, 6.07) is 4.53. The summed E-state index contributed by atoms with van der Waals surface area (Å²) in [5.41, 5.74) is 1.91. The van der Waals surface area contributed by atoms with E-state index in [1.54, 1.807) is 49.0 Å². The van der Waals surface area contributed by atoms with Crippen molar-refractivity contribution in [3.63, 3.8) is 0 Å². The molecule has 2 N–H and O–H groups in total. The number of thiazole rings is 1. The van der Waals surface area contributed by atoms with Gasteiger partial charge in [-0.05, 0) is 31.5 Å². The molecule has 0 fully saturated rings. The van der Waals surface area contributed by atoms with E-state index in [9.17, 15) is 18.0 Å². The summed E-state index contributed by atoms with van der Waals surface area (Å²) in [6.07, 6.45) is 6.00. The molecule has 170 valence electrons. The third kappa shape index (κ3) is 5.71. The van der Waals surface area contributed by atoms with Crippen molar-refractivity contribution >= 4 is 38.3 Å². The Labute approximate surface area is 189 Å². The summed E-state index contributed by atoms with van der Waals surface area (Å²) >= 11 is 1.26. The number of hydrogen-bond acceptors (Lipinski definition) is 8. The van der Waals surface area contributed by atoms with Crippen molar-refractivity contribution in [1.82, 2.24) is 19.9 Å². The maximum atomic E-state index is 12.2. The van der Waals surface area contributed by atoms with Crippen LogP contribution in [-0.2, 0) is 19.4 Å². The van der Waals surface area contributed by atoms with E-state index in [1.165, 1.54) is 17.7 Å². The second-order valence-corrected chi connectivity index (χ2v) is 9.78. The molecule has 0 bridgehead atoms. The zero-order valence-electron chi connectivity index (χ0n) is 17.8. The molecular weight excluding hydrogens is 454 g/mol. The number of aryl methyl sites for hydroxylation is 1. The second-order valence-electron chi connectivity index (χ2n) is 6.79. The number of sulfone groups is 1. The van der Waals surface area contributed by atoms with Crippen molar-refractivity contribution in [3.05, 3.63) is 42.6 Å². The molecule has 0 saturated carbocycles. The van der Waals surface area contributed by atoms with Gasteiger partial charge in [-0.25, -0.2) is 23.2 Å². The Morgan fingerprint density at radius 2 is 2.06 bits per heavy atom. The SMILES string of the molecule is CCOC(=O)CCNC(=O)Nc1nc(C)c(-c2ccc(S(C)(=O)=O)c(-n3ccnc3)c2)s1. The molecule has 3 aromatic rings. The van der Waals surface area contributed by atoms with Gasteiger partial charge in [0.2, 0.25) is 0 Å². The highest BCUT2D eigenvalue weighted by molar-refractivity contribution is 7.90. The topological polar surface area (TPSA) is 132 Å². The van der Waals surface area contributed by atoms with E-state index in [0.29, 0.717) is 23.1 Å². The fourth-order valence-corrected chi connectivity index (χ4v) is 4.76. The first-order chi connectivity index (χ1) is 15.2. The molecule has 0 saturated heterocycles. The van der Waals surface area contributed by atoms with Gasteiger partial charge in [0.15, 0.2) is 15.0 Å². The number of nitrogens with one attached hydrogen (secondary N) is 2. The van der Waals surface area contributed by atoms with Crippen LogP contribution in [-0.4, -0.2) is 54.4 Å². The Bertz CT molecular complexity index is 1220. The van der Waals surface area contributed by atoms with Crippen LogP contribution in [0.1, 0.15) is 19.0 Å². The lowest BCUT2D eigenvalue weighted by Gasteiger charge is -2.11. The Morgan fingerprint density at radius 3 is 2.72 bits per heavy atom. The number of rotatable bonds is 8. The second kappa shape index (κ2) is 9.92. The van der Waals surface area contributed by atoms with Gasteiger partial charge in [0.25, 0.3) is 0 Å². The van der Waals surface area contributed by atoms with E-state index in [0.717, 1.165) is 16.7 Å². The molecule has 32 heavy (non-hydrogen) atoms. The summed E-state index contributed by atoms with van der Waals surface area (Å²) in [5.74, 6) is -0.383. The van der Waals surface area contributed by atoms with Crippen molar-refractivity contribution in [2.45, 2.75) is 25.2 Å². The van der Waals surface area contributed by atoms with E-state index in [2.05, 4.69) is 20.6 Å². The summed E-state index contributed by atoms with van der Waals surface area (Å²) < 4.78 is 30.9. The summed E-state index contributed by atoms with van der Waals surface area (Å²) in [7, 11) is -3.46. The first-order valence-electron chi connectivity index (χ1n) is 9.69. The van der Waals surface area contributed by atoms with Gasteiger partial charge in [0.05, 0.1) is 40.5 Å². The van der Waals surface area contributed by atoms with Gasteiger partial charge >= 0.3 is 12.0 Å². The molecule has 0 spiro atoms. The highest BCUT2D eigenvalue weighted by Crippen LogP contribution is 2.35. The number of aromatic nitrogens is 3. The minimum atomic E-state index is -3.46. The number of amides is 2. The molecular formula is C20H23N5O5S2. The van der Waals surface area contributed by atoms with Crippen LogP contribution in [0.3, 0.4) is 0 Å². The van der Waals surface area contributed by atoms with Crippen LogP contribution < -0.4 is 10.6 Å². The van der Waals surface area contributed by atoms with Crippen LogP contribution in [0.4, 0.5) is 9.93 Å². The first kappa shape index (κ1) is 23.4. The van der Waals surface area contributed by atoms with E-state index in [4.69, 9.17) is 4.74 Å². The number of carbonyl (C=O) groups is 2. The number of hydrogen-bond donors (Lipinski definition) is 2. The number of urea groups is 1. The maximum Gasteiger partial charge on any atom is 0.321 e. The number of carbonyl (C=O) groups excluding carboxylic acids is 2. The van der Waals surface area contributed by atoms with Gasteiger partial charge < -0.3 is 14.6 Å². The molecule has 0 radical (unpaired) electrons. The fraction of sp³-hybridized carbons (Fsp3) is 0.300. The smallest absolute Gasteiger partial charge is 0.321 e. The number of anilines is 1. The third-order valence-electron chi connectivity index (χ3n) is 4.34. The number of nitrogens with zero attached hydrogens (tertiary/aromatic N) is 3. The third-order valence-corrected chi connectivity index (χ3v) is 6.61. The number of benzene rings is 1. The van der Waals surface area contributed by atoms with E-state index in [-0.39, 0.29) is 23.8 Å². The zero-order valence-corrected chi connectivity index (χ0v) is 19.4. The van der Waals surface area contributed by atoms with Crippen LogP contribution in [0.5, 0.6) is 0 Å². The van der Waals surface area contributed by atoms with Crippen molar-refractivity contribution in [1.29, 1.82) is 0 Å². The maximum absolute atomic E-state index is 12.2. The molecule has 0 aliphatic heterocycles. The van der Waals surface area contributed by atoms with Crippen LogP contribution in [0, 0.1) is 6.92 Å². The molecule has 2 amide bonds. The van der Waals surface area contributed by atoms with Gasteiger partial charge in [-0.3, -0.25) is 10.1 Å². The largest absolute Gasteiger partial charge is 0.466 e. The highest BCUT2D eigenvalue weighted by atomic mass is 32.2. The molecule has 0 aliphatic carbocycles. The van der Waals surface area contributed by atoms with Crippen LogP contribution >= 0.6 is 11.3 Å². The van der Waals surface area contributed by atoms with Crippen molar-refractivity contribution < 1.29 is 22.7 Å². The molecule has 1 aromatic carbocycles.